The fourth-order valence-corrected chi connectivity index (χ4v) is 3.09. The van der Waals surface area contributed by atoms with Gasteiger partial charge >= 0.3 is 0 Å². The van der Waals surface area contributed by atoms with E-state index in [9.17, 15) is 4.79 Å². The highest BCUT2D eigenvalue weighted by atomic mass is 16.2. The van der Waals surface area contributed by atoms with Crippen molar-refractivity contribution in [3.8, 4) is 0 Å². The number of hydrogen-bond acceptors (Lipinski definition) is 5. The first-order valence-electron chi connectivity index (χ1n) is 7.30. The summed E-state index contributed by atoms with van der Waals surface area (Å²) in [6.07, 6.45) is 0.857. The van der Waals surface area contributed by atoms with Crippen LogP contribution in [-0.4, -0.2) is 69.1 Å². The van der Waals surface area contributed by atoms with Crippen molar-refractivity contribution in [2.24, 2.45) is 11.8 Å². The molecule has 2 heterocycles. The molecule has 0 spiro atoms. The van der Waals surface area contributed by atoms with Gasteiger partial charge in [0, 0.05) is 37.5 Å². The summed E-state index contributed by atoms with van der Waals surface area (Å²) in [6.45, 7) is 7.12. The molecule has 20 heavy (non-hydrogen) atoms. The Hall–Kier alpha value is -1.50. The molecule has 1 saturated carbocycles. The molecule has 0 radical (unpaired) electrons. The van der Waals surface area contributed by atoms with Gasteiger partial charge in [0.2, 0.25) is 5.91 Å². The number of tetrazole rings is 1. The van der Waals surface area contributed by atoms with Gasteiger partial charge in [-0.15, -0.1) is 10.2 Å². The summed E-state index contributed by atoms with van der Waals surface area (Å²) in [4.78, 5) is 17.1. The molecule has 1 aliphatic carbocycles. The number of carbonyl (C=O) groups is 1. The summed E-state index contributed by atoms with van der Waals surface area (Å²) in [5.74, 6) is 1.64. The number of nitrogens with zero attached hydrogens (tertiary/aromatic N) is 5. The normalized spacial score (nSPS) is 30.8. The lowest BCUT2D eigenvalue weighted by Crippen LogP contribution is -2.56. The largest absolute Gasteiger partial charge is 0.337 e. The molecule has 1 saturated heterocycles. The lowest BCUT2D eigenvalue weighted by molar-refractivity contribution is -0.138. The third kappa shape index (κ3) is 2.42. The highest BCUT2D eigenvalue weighted by Gasteiger charge is 2.49. The number of aromatic amines is 1. The Balaban J connectivity index is 1.68. The minimum atomic E-state index is 0.0530. The Labute approximate surface area is 118 Å². The smallest absolute Gasteiger partial charge is 0.226 e. The zero-order chi connectivity index (χ0) is 14.3. The predicted octanol–water partition coefficient (Wildman–Crippen LogP) is 0.102. The molecular formula is C13H22N6O. The van der Waals surface area contributed by atoms with Crippen molar-refractivity contribution in [2.75, 3.05) is 26.7 Å². The van der Waals surface area contributed by atoms with E-state index in [0.29, 0.717) is 17.8 Å². The number of amides is 1. The van der Waals surface area contributed by atoms with E-state index in [1.54, 1.807) is 0 Å². The molecule has 1 N–H and O–H groups in total. The summed E-state index contributed by atoms with van der Waals surface area (Å²) >= 11 is 0. The second kappa shape index (κ2) is 5.12. The van der Waals surface area contributed by atoms with Crippen molar-refractivity contribution in [3.63, 3.8) is 0 Å². The number of carbonyl (C=O) groups excluding carboxylic acids is 1. The maximum Gasteiger partial charge on any atom is 0.226 e. The third-order valence-electron chi connectivity index (χ3n) is 4.48. The van der Waals surface area contributed by atoms with E-state index in [1.807, 2.05) is 0 Å². The Morgan fingerprint density at radius 2 is 2.20 bits per heavy atom. The van der Waals surface area contributed by atoms with Crippen molar-refractivity contribution >= 4 is 5.91 Å². The predicted molar refractivity (Wildman–Crippen MR) is 72.9 cm³/mol. The van der Waals surface area contributed by atoms with Gasteiger partial charge in [0.15, 0.2) is 5.82 Å². The van der Waals surface area contributed by atoms with Gasteiger partial charge in [0.05, 0.1) is 0 Å². The molecule has 1 aromatic rings. The average molecular weight is 278 g/mol. The number of hydrogen-bond donors (Lipinski definition) is 1. The van der Waals surface area contributed by atoms with E-state index >= 15 is 0 Å². The third-order valence-corrected chi connectivity index (χ3v) is 4.48. The number of rotatable bonds is 3. The fourth-order valence-electron chi connectivity index (χ4n) is 3.09. The maximum absolute atomic E-state index is 12.7. The van der Waals surface area contributed by atoms with Crippen LogP contribution in [0.25, 0.3) is 0 Å². The quantitative estimate of drug-likeness (QED) is 0.848. The Morgan fingerprint density at radius 3 is 2.85 bits per heavy atom. The van der Waals surface area contributed by atoms with Crippen LogP contribution in [0.2, 0.25) is 0 Å². The summed E-state index contributed by atoms with van der Waals surface area (Å²) < 4.78 is 0. The van der Waals surface area contributed by atoms with E-state index in [4.69, 9.17) is 0 Å². The summed E-state index contributed by atoms with van der Waals surface area (Å²) in [5, 5.41) is 14.0. The number of piperazine rings is 1. The molecule has 2 aliphatic rings. The molecule has 7 nitrogen and oxygen atoms in total. The minimum absolute atomic E-state index is 0.0530. The molecule has 2 fully saturated rings. The fraction of sp³-hybridized carbons (Fsp3) is 0.846. The number of H-pyrrole nitrogens is 1. The lowest BCUT2D eigenvalue weighted by Gasteiger charge is -2.42. The van der Waals surface area contributed by atoms with Crippen LogP contribution >= 0.6 is 0 Å². The molecule has 1 aliphatic heterocycles. The molecule has 3 rings (SSSR count). The van der Waals surface area contributed by atoms with Gasteiger partial charge in [0.1, 0.15) is 0 Å². The Bertz CT molecular complexity index is 473. The van der Waals surface area contributed by atoms with Gasteiger partial charge in [-0.05, 0) is 19.4 Å². The first-order chi connectivity index (χ1) is 9.58. The molecule has 0 aromatic carbocycles. The average Bonchev–Trinajstić information content (AvgIpc) is 3.03. The van der Waals surface area contributed by atoms with E-state index in [0.717, 1.165) is 26.1 Å². The zero-order valence-corrected chi connectivity index (χ0v) is 12.3. The second-order valence-electron chi connectivity index (χ2n) is 6.32. The number of aromatic nitrogens is 4. The maximum atomic E-state index is 12.7. The first-order valence-corrected chi connectivity index (χ1v) is 7.30. The van der Waals surface area contributed by atoms with Crippen molar-refractivity contribution in [1.82, 2.24) is 30.4 Å². The number of likely N-dealkylation sites (N-methyl/N-ethyl adjacent to an activating group) is 1. The Kier molecular flexibility index (Phi) is 3.45. The zero-order valence-electron chi connectivity index (χ0n) is 12.3. The SMILES string of the molecule is CC(C)C1CN(C)CCN1C(=O)[C@@H]1C[C@@H]1c1nn[nH]n1. The topological polar surface area (TPSA) is 78.0 Å². The first kappa shape index (κ1) is 13.5. The van der Waals surface area contributed by atoms with E-state index in [-0.39, 0.29) is 17.7 Å². The van der Waals surface area contributed by atoms with Gasteiger partial charge in [-0.3, -0.25) is 4.79 Å². The van der Waals surface area contributed by atoms with Crippen LogP contribution in [0.3, 0.4) is 0 Å². The summed E-state index contributed by atoms with van der Waals surface area (Å²) in [7, 11) is 2.12. The van der Waals surface area contributed by atoms with Gasteiger partial charge in [-0.1, -0.05) is 19.1 Å². The van der Waals surface area contributed by atoms with Crippen LogP contribution in [0.1, 0.15) is 32.0 Å². The van der Waals surface area contributed by atoms with Crippen molar-refractivity contribution in [3.05, 3.63) is 5.82 Å². The molecule has 1 aromatic heterocycles. The van der Waals surface area contributed by atoms with Crippen LogP contribution in [0.15, 0.2) is 0 Å². The van der Waals surface area contributed by atoms with E-state index in [1.165, 1.54) is 0 Å². The highest BCUT2D eigenvalue weighted by Crippen LogP contribution is 2.47. The van der Waals surface area contributed by atoms with Crippen LogP contribution in [0.4, 0.5) is 0 Å². The molecular weight excluding hydrogens is 256 g/mol. The lowest BCUT2D eigenvalue weighted by atomic mass is 9.99. The van der Waals surface area contributed by atoms with Crippen LogP contribution < -0.4 is 0 Å². The molecule has 110 valence electrons. The molecule has 1 unspecified atom stereocenters. The monoisotopic (exact) mass is 278 g/mol. The molecule has 1 amide bonds. The molecule has 7 heteroatoms. The number of nitrogens with one attached hydrogen (secondary N) is 1. The highest BCUT2D eigenvalue weighted by molar-refractivity contribution is 5.83. The van der Waals surface area contributed by atoms with Gasteiger partial charge in [-0.25, -0.2) is 0 Å². The molecule has 3 atom stereocenters. The van der Waals surface area contributed by atoms with Crippen molar-refractivity contribution in [1.29, 1.82) is 0 Å². The van der Waals surface area contributed by atoms with Crippen LogP contribution in [0.5, 0.6) is 0 Å². The van der Waals surface area contributed by atoms with Crippen LogP contribution in [-0.2, 0) is 4.79 Å². The molecule has 0 bridgehead atoms. The van der Waals surface area contributed by atoms with Gasteiger partial charge in [0.25, 0.3) is 0 Å². The summed E-state index contributed by atoms with van der Waals surface area (Å²) in [6, 6.07) is 0.313. The Morgan fingerprint density at radius 1 is 1.40 bits per heavy atom. The summed E-state index contributed by atoms with van der Waals surface area (Å²) in [5.41, 5.74) is 0. The van der Waals surface area contributed by atoms with E-state index in [2.05, 4.69) is 51.3 Å². The van der Waals surface area contributed by atoms with Gasteiger partial charge < -0.3 is 9.80 Å². The standard InChI is InChI=1S/C13H22N6O/c1-8(2)11-7-18(3)4-5-19(11)13(20)10-6-9(10)12-14-16-17-15-12/h8-11H,4-7H2,1-3H3,(H,14,15,16,17)/t9-,10+,11?/m0/s1. The van der Waals surface area contributed by atoms with E-state index < -0.39 is 0 Å². The van der Waals surface area contributed by atoms with Crippen LogP contribution in [0, 0.1) is 11.8 Å². The van der Waals surface area contributed by atoms with Crippen molar-refractivity contribution in [2.45, 2.75) is 32.2 Å². The van der Waals surface area contributed by atoms with Crippen molar-refractivity contribution < 1.29 is 4.79 Å². The second-order valence-corrected chi connectivity index (χ2v) is 6.32. The minimum Gasteiger partial charge on any atom is -0.337 e. The van der Waals surface area contributed by atoms with Gasteiger partial charge in [-0.2, -0.15) is 5.21 Å².